The van der Waals surface area contributed by atoms with Crippen molar-refractivity contribution in [3.8, 4) is 0 Å². The van der Waals surface area contributed by atoms with Crippen molar-refractivity contribution in [1.29, 1.82) is 0 Å². The number of nitrogens with two attached hydrogens (primary N) is 1. The molecule has 1 rings (SSSR count). The van der Waals surface area contributed by atoms with E-state index in [4.69, 9.17) is 5.73 Å². The first-order valence-electron chi connectivity index (χ1n) is 5.97. The minimum absolute atomic E-state index is 0. The molecule has 0 bridgehead atoms. The molecular formula is C13H21ClN2O3S. The van der Waals surface area contributed by atoms with Crippen molar-refractivity contribution in [2.45, 2.75) is 30.8 Å². The van der Waals surface area contributed by atoms with Crippen LogP contribution in [-0.2, 0) is 14.6 Å². The zero-order chi connectivity index (χ0) is 14.8. The van der Waals surface area contributed by atoms with Crippen molar-refractivity contribution in [1.82, 2.24) is 4.90 Å². The summed E-state index contributed by atoms with van der Waals surface area (Å²) in [5.74, 6) is -0.153. The fourth-order valence-electron chi connectivity index (χ4n) is 1.73. The van der Waals surface area contributed by atoms with Crippen LogP contribution < -0.4 is 5.73 Å². The number of carbonyl (C=O) groups is 1. The molecule has 0 fully saturated rings. The molecule has 2 atom stereocenters. The summed E-state index contributed by atoms with van der Waals surface area (Å²) in [6.07, 6.45) is 1.16. The highest BCUT2D eigenvalue weighted by Gasteiger charge is 2.20. The lowest BCUT2D eigenvalue weighted by molar-refractivity contribution is -0.132. The van der Waals surface area contributed by atoms with Gasteiger partial charge < -0.3 is 10.6 Å². The van der Waals surface area contributed by atoms with Crippen LogP contribution in [0, 0.1) is 0 Å². The predicted octanol–water partition coefficient (Wildman–Crippen LogP) is 1.38. The van der Waals surface area contributed by atoms with E-state index in [1.807, 2.05) is 6.92 Å². The lowest BCUT2D eigenvalue weighted by Gasteiger charge is -2.27. The molecule has 1 aromatic carbocycles. The number of rotatable bonds is 4. The quantitative estimate of drug-likeness (QED) is 0.908. The number of halogens is 1. The van der Waals surface area contributed by atoms with Gasteiger partial charge in [0.05, 0.1) is 17.0 Å². The number of sulfone groups is 1. The van der Waals surface area contributed by atoms with Crippen LogP contribution in [0.15, 0.2) is 29.2 Å². The molecule has 1 aromatic rings. The molecule has 0 saturated heterocycles. The van der Waals surface area contributed by atoms with Crippen molar-refractivity contribution >= 4 is 28.2 Å². The molecule has 114 valence electrons. The number of hydrogen-bond acceptors (Lipinski definition) is 4. The topological polar surface area (TPSA) is 80.5 Å². The molecule has 0 aromatic heterocycles. The number of carbonyl (C=O) groups excluding carboxylic acids is 1. The lowest BCUT2D eigenvalue weighted by atomic mass is 10.1. The van der Waals surface area contributed by atoms with E-state index in [9.17, 15) is 13.2 Å². The Morgan fingerprint density at radius 3 is 2.00 bits per heavy atom. The van der Waals surface area contributed by atoms with E-state index in [0.29, 0.717) is 0 Å². The summed E-state index contributed by atoms with van der Waals surface area (Å²) in [7, 11) is -1.51. The summed E-state index contributed by atoms with van der Waals surface area (Å²) in [4.78, 5) is 13.6. The van der Waals surface area contributed by atoms with Crippen LogP contribution in [0.4, 0.5) is 0 Å². The summed E-state index contributed by atoms with van der Waals surface area (Å²) in [6.45, 7) is 3.51. The average molecular weight is 321 g/mol. The standard InChI is InChI=1S/C13H20N2O3S.ClH/c1-9(14)13(16)15(3)10(2)11-5-7-12(8-6-11)19(4,17)18;/h5-10H,14H2,1-4H3;1H/t9-,10?;/m1./s1. The van der Waals surface area contributed by atoms with E-state index in [2.05, 4.69) is 0 Å². The summed E-state index contributed by atoms with van der Waals surface area (Å²) in [5, 5.41) is 0. The van der Waals surface area contributed by atoms with Crippen molar-refractivity contribution in [2.24, 2.45) is 5.73 Å². The first-order chi connectivity index (χ1) is 8.64. The van der Waals surface area contributed by atoms with E-state index in [1.165, 1.54) is 0 Å². The van der Waals surface area contributed by atoms with Crippen LogP contribution in [-0.4, -0.2) is 38.6 Å². The molecular weight excluding hydrogens is 300 g/mol. The van der Waals surface area contributed by atoms with Gasteiger partial charge in [0.2, 0.25) is 5.91 Å². The number of nitrogens with zero attached hydrogens (tertiary/aromatic N) is 1. The Morgan fingerprint density at radius 1 is 1.20 bits per heavy atom. The minimum atomic E-state index is -3.20. The van der Waals surface area contributed by atoms with E-state index in [0.717, 1.165) is 11.8 Å². The van der Waals surface area contributed by atoms with E-state index < -0.39 is 15.9 Å². The molecule has 5 nitrogen and oxygen atoms in total. The van der Waals surface area contributed by atoms with E-state index in [-0.39, 0.29) is 29.3 Å². The SMILES string of the molecule is CC(c1ccc(S(C)(=O)=O)cc1)N(C)C(=O)[C@@H](C)N.Cl. The van der Waals surface area contributed by atoms with Crippen LogP contribution in [0.2, 0.25) is 0 Å². The zero-order valence-electron chi connectivity index (χ0n) is 12.0. The number of amides is 1. The third-order valence-corrected chi connectivity index (χ3v) is 4.24. The Balaban J connectivity index is 0.00000361. The van der Waals surface area contributed by atoms with E-state index >= 15 is 0 Å². The molecule has 1 amide bonds. The van der Waals surface area contributed by atoms with Gasteiger partial charge in [0, 0.05) is 13.3 Å². The Bertz CT molecular complexity index is 555. The summed E-state index contributed by atoms with van der Waals surface area (Å²) in [6, 6.07) is 5.81. The maximum atomic E-state index is 11.8. The fourth-order valence-corrected chi connectivity index (χ4v) is 2.36. The maximum Gasteiger partial charge on any atom is 0.239 e. The third kappa shape index (κ3) is 4.47. The van der Waals surface area contributed by atoms with Gasteiger partial charge in [0.25, 0.3) is 0 Å². The highest BCUT2D eigenvalue weighted by molar-refractivity contribution is 7.90. The number of likely N-dealkylation sites (N-methyl/N-ethyl adjacent to an activating group) is 1. The van der Waals surface area contributed by atoms with Gasteiger partial charge in [0.15, 0.2) is 9.84 Å². The van der Waals surface area contributed by atoms with Gasteiger partial charge in [-0.1, -0.05) is 12.1 Å². The third-order valence-electron chi connectivity index (χ3n) is 3.11. The Kier molecular flexibility index (Phi) is 6.67. The van der Waals surface area contributed by atoms with E-state index in [1.54, 1.807) is 43.1 Å². The molecule has 0 heterocycles. The van der Waals surface area contributed by atoms with Crippen LogP contribution in [0.25, 0.3) is 0 Å². The van der Waals surface area contributed by atoms with Gasteiger partial charge in [0.1, 0.15) is 0 Å². The van der Waals surface area contributed by atoms with Crippen LogP contribution >= 0.6 is 12.4 Å². The Morgan fingerprint density at radius 2 is 1.65 bits per heavy atom. The second kappa shape index (κ2) is 7.06. The van der Waals surface area contributed by atoms with Crippen molar-refractivity contribution in [3.05, 3.63) is 29.8 Å². The average Bonchev–Trinajstić information content (AvgIpc) is 2.35. The van der Waals surface area contributed by atoms with Crippen molar-refractivity contribution in [2.75, 3.05) is 13.3 Å². The second-order valence-corrected chi connectivity index (χ2v) is 6.77. The first kappa shape index (κ1) is 18.9. The van der Waals surface area contributed by atoms with Crippen molar-refractivity contribution in [3.63, 3.8) is 0 Å². The molecule has 0 aliphatic rings. The zero-order valence-corrected chi connectivity index (χ0v) is 13.7. The van der Waals surface area contributed by atoms with Crippen LogP contribution in [0.5, 0.6) is 0 Å². The molecule has 0 aliphatic heterocycles. The van der Waals surface area contributed by atoms with Gasteiger partial charge >= 0.3 is 0 Å². The van der Waals surface area contributed by atoms with Gasteiger partial charge in [-0.05, 0) is 31.5 Å². The number of hydrogen-bond donors (Lipinski definition) is 1. The first-order valence-corrected chi connectivity index (χ1v) is 7.86. The van der Waals surface area contributed by atoms with Gasteiger partial charge in [-0.3, -0.25) is 4.79 Å². The minimum Gasteiger partial charge on any atom is -0.338 e. The van der Waals surface area contributed by atoms with Gasteiger partial charge in [-0.2, -0.15) is 0 Å². The Hall–Kier alpha value is -1.11. The molecule has 7 heteroatoms. The van der Waals surface area contributed by atoms with Crippen LogP contribution in [0.1, 0.15) is 25.5 Å². The summed E-state index contributed by atoms with van der Waals surface area (Å²) in [5.41, 5.74) is 6.43. The van der Waals surface area contributed by atoms with Crippen LogP contribution in [0.3, 0.4) is 0 Å². The van der Waals surface area contributed by atoms with Gasteiger partial charge in [-0.15, -0.1) is 12.4 Å². The highest BCUT2D eigenvalue weighted by atomic mass is 35.5. The molecule has 2 N–H and O–H groups in total. The molecule has 0 aliphatic carbocycles. The lowest BCUT2D eigenvalue weighted by Crippen LogP contribution is -2.40. The molecule has 20 heavy (non-hydrogen) atoms. The number of benzene rings is 1. The highest BCUT2D eigenvalue weighted by Crippen LogP contribution is 2.21. The molecule has 1 unspecified atom stereocenters. The largest absolute Gasteiger partial charge is 0.338 e. The molecule has 0 spiro atoms. The van der Waals surface area contributed by atoms with Crippen molar-refractivity contribution < 1.29 is 13.2 Å². The maximum absolute atomic E-state index is 11.8. The predicted molar refractivity (Wildman–Crippen MR) is 81.6 cm³/mol. The summed E-state index contributed by atoms with van der Waals surface area (Å²) < 4.78 is 22.7. The molecule has 0 saturated carbocycles. The monoisotopic (exact) mass is 320 g/mol. The normalized spacial score (nSPS) is 14.1. The Labute approximate surface area is 126 Å². The van der Waals surface area contributed by atoms with Gasteiger partial charge in [-0.25, -0.2) is 8.42 Å². The summed E-state index contributed by atoms with van der Waals surface area (Å²) >= 11 is 0. The smallest absolute Gasteiger partial charge is 0.239 e. The second-order valence-electron chi connectivity index (χ2n) is 4.75. The molecule has 0 radical (unpaired) electrons. The fraction of sp³-hybridized carbons (Fsp3) is 0.462.